The molecule has 132 valence electrons. The van der Waals surface area contributed by atoms with Gasteiger partial charge in [-0.25, -0.2) is 0 Å². The molecule has 0 bridgehead atoms. The summed E-state index contributed by atoms with van der Waals surface area (Å²) in [6.07, 6.45) is 0. The van der Waals surface area contributed by atoms with Gasteiger partial charge in [-0.1, -0.05) is 12.1 Å². The van der Waals surface area contributed by atoms with Crippen molar-refractivity contribution < 1.29 is 23.2 Å². The Balaban J connectivity index is 0.000000515. The van der Waals surface area contributed by atoms with Crippen LogP contribution in [-0.2, 0) is 9.31 Å². The number of rotatable bonds is 9. The molecule has 0 aromatic heterocycles. The van der Waals surface area contributed by atoms with Crippen molar-refractivity contribution in [2.75, 3.05) is 47.5 Å². The van der Waals surface area contributed by atoms with E-state index in [1.165, 1.54) is 38.3 Å². The summed E-state index contributed by atoms with van der Waals surface area (Å²) in [6.45, 7) is 13.0. The lowest BCUT2D eigenvalue weighted by molar-refractivity contribution is -0.904. The van der Waals surface area contributed by atoms with Gasteiger partial charge in [-0.2, -0.15) is 0 Å². The second-order valence-electron chi connectivity index (χ2n) is 5.33. The van der Waals surface area contributed by atoms with E-state index in [1.807, 2.05) is 25.1 Å². The van der Waals surface area contributed by atoms with Crippen molar-refractivity contribution in [1.29, 1.82) is 0 Å². The van der Waals surface area contributed by atoms with Crippen LogP contribution in [0.15, 0.2) is 24.3 Å². The number of para-hydroxylation sites is 2. The highest BCUT2D eigenvalue weighted by Gasteiger charge is 2.21. The molecule has 0 saturated carbocycles. The predicted molar refractivity (Wildman–Crippen MR) is 95.8 cm³/mol. The van der Waals surface area contributed by atoms with Crippen molar-refractivity contribution in [3.05, 3.63) is 24.3 Å². The van der Waals surface area contributed by atoms with Crippen LogP contribution < -0.4 is 9.39 Å². The van der Waals surface area contributed by atoms with Gasteiger partial charge < -0.3 is 23.2 Å². The first-order valence-corrected chi connectivity index (χ1v) is 8.27. The molecule has 0 fully saturated rings. The summed E-state index contributed by atoms with van der Waals surface area (Å²) in [5.74, 6) is 1.28. The van der Waals surface area contributed by atoms with Gasteiger partial charge in [0.15, 0.2) is 5.75 Å². The van der Waals surface area contributed by atoms with Crippen LogP contribution >= 0.6 is 0 Å². The maximum atomic E-state index is 5.43. The van der Waals surface area contributed by atoms with Gasteiger partial charge in [0.1, 0.15) is 5.75 Å². The molecule has 5 nitrogen and oxygen atoms in total. The Morgan fingerprint density at radius 1 is 0.870 bits per heavy atom. The van der Waals surface area contributed by atoms with E-state index in [9.17, 15) is 0 Å². The Morgan fingerprint density at radius 3 is 1.70 bits per heavy atom. The van der Waals surface area contributed by atoms with Crippen molar-refractivity contribution in [2.24, 2.45) is 0 Å². The molecule has 0 aliphatic carbocycles. The third kappa shape index (κ3) is 8.25. The van der Waals surface area contributed by atoms with Crippen LogP contribution in [0.4, 0.5) is 0 Å². The first-order chi connectivity index (χ1) is 11.0. The zero-order valence-electron chi connectivity index (χ0n) is 15.8. The lowest BCUT2D eigenvalue weighted by atomic mass is 10.2. The molecule has 0 aliphatic heterocycles. The summed E-state index contributed by atoms with van der Waals surface area (Å²) in [6, 6.07) is 7.38. The van der Waals surface area contributed by atoms with Crippen molar-refractivity contribution in [1.82, 2.24) is 0 Å². The smallest absolute Gasteiger partial charge is 0.509 e. The summed E-state index contributed by atoms with van der Waals surface area (Å²) >= 11 is 0. The largest absolute Gasteiger partial charge is 0.712 e. The van der Waals surface area contributed by atoms with E-state index in [4.69, 9.17) is 18.7 Å². The first-order valence-electron chi connectivity index (χ1n) is 8.27. The number of benzene rings is 1. The fourth-order valence-corrected chi connectivity index (χ4v) is 1.79. The van der Waals surface area contributed by atoms with E-state index in [-0.39, 0.29) is 0 Å². The van der Waals surface area contributed by atoms with Gasteiger partial charge in [0.05, 0.1) is 33.3 Å². The number of hydrogen-bond acceptors (Lipinski definition) is 4. The monoisotopic (exact) mass is 326 g/mol. The Morgan fingerprint density at radius 2 is 1.35 bits per heavy atom. The molecule has 23 heavy (non-hydrogen) atoms. The van der Waals surface area contributed by atoms with Crippen LogP contribution in [0, 0.1) is 0 Å². The lowest BCUT2D eigenvalue weighted by Crippen LogP contribution is -2.42. The summed E-state index contributed by atoms with van der Waals surface area (Å²) in [7, 11) is 4.60. The van der Waals surface area contributed by atoms with Crippen LogP contribution in [0.1, 0.15) is 27.7 Å². The van der Waals surface area contributed by atoms with Gasteiger partial charge >= 0.3 is 7.32 Å². The number of quaternary nitrogens is 1. The Hall–Kier alpha value is -1.24. The third-order valence-corrected chi connectivity index (χ3v) is 4.05. The Bertz CT molecular complexity index is 401. The van der Waals surface area contributed by atoms with Crippen LogP contribution in [0.3, 0.4) is 0 Å². The van der Waals surface area contributed by atoms with Crippen molar-refractivity contribution in [2.45, 2.75) is 27.7 Å². The maximum absolute atomic E-state index is 5.43. The highest BCUT2D eigenvalue weighted by atomic mass is 16.7. The standard InChI is InChI=1S/C10H15BO4.C7H18N/c1-4-14-9-7-5-6-8-10(9)15-11(12-2)13-3;1-5-8(4,6-2)7-3/h5-8H,4H2,1-3H3;5-7H2,1-4H3/q;+1. The summed E-state index contributed by atoms with van der Waals surface area (Å²) in [4.78, 5) is 0. The molecule has 0 N–H and O–H groups in total. The average Bonchev–Trinajstić information content (AvgIpc) is 2.61. The lowest BCUT2D eigenvalue weighted by Gasteiger charge is -2.30. The van der Waals surface area contributed by atoms with E-state index in [0.717, 1.165) is 0 Å². The minimum absolute atomic E-state index is 0.588. The summed E-state index contributed by atoms with van der Waals surface area (Å²) in [5, 5.41) is 0. The normalized spacial score (nSPS) is 10.6. The molecule has 1 aromatic rings. The predicted octanol–water partition coefficient (Wildman–Crippen LogP) is 3.23. The minimum atomic E-state index is -0.716. The Kier molecular flexibility index (Phi) is 11.6. The molecule has 0 atom stereocenters. The van der Waals surface area contributed by atoms with E-state index >= 15 is 0 Å². The van der Waals surface area contributed by atoms with Gasteiger partial charge in [0.25, 0.3) is 0 Å². The molecule has 1 rings (SSSR count). The summed E-state index contributed by atoms with van der Waals surface area (Å²) < 4.78 is 21.9. The molecule has 0 amide bonds. The third-order valence-electron chi connectivity index (χ3n) is 4.05. The summed E-state index contributed by atoms with van der Waals surface area (Å²) in [5.41, 5.74) is 0. The van der Waals surface area contributed by atoms with E-state index < -0.39 is 7.32 Å². The van der Waals surface area contributed by atoms with Gasteiger partial charge in [-0.05, 0) is 39.8 Å². The molecule has 0 aliphatic rings. The van der Waals surface area contributed by atoms with Gasteiger partial charge in [0, 0.05) is 14.2 Å². The highest BCUT2D eigenvalue weighted by molar-refractivity contribution is 6.37. The molecule has 0 unspecified atom stereocenters. The van der Waals surface area contributed by atoms with Gasteiger partial charge in [-0.15, -0.1) is 0 Å². The SMILES string of the molecule is CCOc1ccccc1OB(OC)OC.CC[N+](C)(CC)CC. The Labute approximate surface area is 142 Å². The molecule has 0 heterocycles. The molecule has 6 heteroatoms. The second kappa shape index (κ2) is 12.2. The van der Waals surface area contributed by atoms with E-state index in [2.05, 4.69) is 27.8 Å². The molecular weight excluding hydrogens is 293 g/mol. The zero-order chi connectivity index (χ0) is 17.7. The van der Waals surface area contributed by atoms with Crippen molar-refractivity contribution in [3.8, 4) is 11.5 Å². The number of hydrogen-bond donors (Lipinski definition) is 0. The van der Waals surface area contributed by atoms with E-state index in [1.54, 1.807) is 6.07 Å². The van der Waals surface area contributed by atoms with Crippen LogP contribution in [0.25, 0.3) is 0 Å². The second-order valence-corrected chi connectivity index (χ2v) is 5.33. The maximum Gasteiger partial charge on any atom is 0.712 e. The number of nitrogens with zero attached hydrogens (tertiary/aromatic N) is 1. The average molecular weight is 326 g/mol. The number of ether oxygens (including phenoxy) is 1. The molecule has 0 radical (unpaired) electrons. The topological polar surface area (TPSA) is 36.9 Å². The fourth-order valence-electron chi connectivity index (χ4n) is 1.79. The first kappa shape index (κ1) is 21.8. The fraction of sp³-hybridized carbons (Fsp3) is 0.647. The van der Waals surface area contributed by atoms with Crippen molar-refractivity contribution >= 4 is 7.32 Å². The van der Waals surface area contributed by atoms with Gasteiger partial charge in [0.2, 0.25) is 0 Å². The molecular formula is C17H33BNO4+. The minimum Gasteiger partial charge on any atom is -0.509 e. The van der Waals surface area contributed by atoms with Crippen LogP contribution in [0.5, 0.6) is 11.5 Å². The van der Waals surface area contributed by atoms with Crippen LogP contribution in [0.2, 0.25) is 0 Å². The van der Waals surface area contributed by atoms with Crippen molar-refractivity contribution in [3.63, 3.8) is 0 Å². The molecule has 0 saturated heterocycles. The molecule has 0 spiro atoms. The quantitative estimate of drug-likeness (QED) is 0.516. The van der Waals surface area contributed by atoms with Gasteiger partial charge in [-0.3, -0.25) is 0 Å². The van der Waals surface area contributed by atoms with Crippen LogP contribution in [-0.4, -0.2) is 59.3 Å². The molecule has 1 aromatic carbocycles. The van der Waals surface area contributed by atoms with E-state index in [0.29, 0.717) is 18.1 Å². The zero-order valence-corrected chi connectivity index (χ0v) is 15.8. The highest BCUT2D eigenvalue weighted by Crippen LogP contribution is 2.26.